The van der Waals surface area contributed by atoms with E-state index in [-0.39, 0.29) is 17.9 Å². The summed E-state index contributed by atoms with van der Waals surface area (Å²) in [6, 6.07) is 0.605. The van der Waals surface area contributed by atoms with Gasteiger partial charge in [0.05, 0.1) is 0 Å². The van der Waals surface area contributed by atoms with Crippen molar-refractivity contribution in [2.24, 2.45) is 11.7 Å². The van der Waals surface area contributed by atoms with E-state index < -0.39 is 0 Å². The topological polar surface area (TPSA) is 46.3 Å². The maximum atomic E-state index is 12.3. The van der Waals surface area contributed by atoms with Crippen LogP contribution >= 0.6 is 11.8 Å². The van der Waals surface area contributed by atoms with Crippen molar-refractivity contribution in [3.63, 3.8) is 0 Å². The second kappa shape index (κ2) is 9.68. The average molecular weight is 274 g/mol. The minimum Gasteiger partial charge on any atom is -0.342 e. The molecule has 0 heterocycles. The quantitative estimate of drug-likeness (QED) is 0.703. The van der Waals surface area contributed by atoms with E-state index in [0.717, 1.165) is 31.4 Å². The maximum absolute atomic E-state index is 12.3. The molecule has 18 heavy (non-hydrogen) atoms. The zero-order chi connectivity index (χ0) is 14.1. The summed E-state index contributed by atoms with van der Waals surface area (Å²) >= 11 is 1.80. The molecule has 3 unspecified atom stereocenters. The molecule has 3 atom stereocenters. The van der Waals surface area contributed by atoms with E-state index in [0.29, 0.717) is 6.04 Å². The van der Waals surface area contributed by atoms with E-state index in [9.17, 15) is 4.79 Å². The zero-order valence-electron chi connectivity index (χ0n) is 12.6. The summed E-state index contributed by atoms with van der Waals surface area (Å²) in [5, 5.41) is 0. The molecule has 3 nitrogen and oxygen atoms in total. The smallest absolute Gasteiger partial charge is 0.225 e. The van der Waals surface area contributed by atoms with Crippen LogP contribution in [0.1, 0.15) is 46.5 Å². The van der Waals surface area contributed by atoms with E-state index >= 15 is 0 Å². The van der Waals surface area contributed by atoms with Crippen LogP contribution < -0.4 is 5.73 Å². The number of nitrogens with two attached hydrogens (primary N) is 1. The molecule has 1 amide bonds. The number of thioether (sulfide) groups is 1. The fourth-order valence-corrected chi connectivity index (χ4v) is 2.94. The van der Waals surface area contributed by atoms with E-state index in [4.69, 9.17) is 5.73 Å². The van der Waals surface area contributed by atoms with Crippen LogP contribution in [0.4, 0.5) is 0 Å². The summed E-state index contributed by atoms with van der Waals surface area (Å²) in [6.45, 7) is 6.20. The third kappa shape index (κ3) is 6.64. The van der Waals surface area contributed by atoms with Crippen LogP contribution in [-0.2, 0) is 4.79 Å². The first-order valence-electron chi connectivity index (χ1n) is 6.95. The Bertz CT molecular complexity index is 234. The lowest BCUT2D eigenvalue weighted by atomic mass is 10.00. The van der Waals surface area contributed by atoms with Crippen molar-refractivity contribution in [2.45, 2.75) is 58.5 Å². The first-order chi connectivity index (χ1) is 8.43. The number of nitrogens with zero attached hydrogens (tertiary/aromatic N) is 1. The Morgan fingerprint density at radius 2 is 1.94 bits per heavy atom. The summed E-state index contributed by atoms with van der Waals surface area (Å²) < 4.78 is 0. The minimum atomic E-state index is 0.115. The van der Waals surface area contributed by atoms with Crippen LogP contribution in [0.3, 0.4) is 0 Å². The Morgan fingerprint density at radius 1 is 1.33 bits per heavy atom. The van der Waals surface area contributed by atoms with Gasteiger partial charge in [-0.1, -0.05) is 20.3 Å². The molecule has 0 spiro atoms. The molecule has 0 saturated heterocycles. The lowest BCUT2D eigenvalue weighted by Gasteiger charge is -2.29. The summed E-state index contributed by atoms with van der Waals surface area (Å²) in [7, 11) is 1.94. The molecule has 0 aromatic carbocycles. The van der Waals surface area contributed by atoms with Gasteiger partial charge in [0.2, 0.25) is 5.91 Å². The van der Waals surface area contributed by atoms with Crippen molar-refractivity contribution in [1.82, 2.24) is 4.90 Å². The predicted molar refractivity (Wildman–Crippen MR) is 81.9 cm³/mol. The second-order valence-corrected chi connectivity index (χ2v) is 6.19. The molecule has 2 N–H and O–H groups in total. The second-order valence-electron chi connectivity index (χ2n) is 5.28. The monoisotopic (exact) mass is 274 g/mol. The molecule has 0 aliphatic rings. The fraction of sp³-hybridized carbons (Fsp3) is 0.929. The maximum Gasteiger partial charge on any atom is 0.225 e. The third-order valence-corrected chi connectivity index (χ3v) is 4.16. The van der Waals surface area contributed by atoms with Gasteiger partial charge < -0.3 is 10.6 Å². The number of hydrogen-bond acceptors (Lipinski definition) is 3. The Morgan fingerprint density at radius 3 is 2.39 bits per heavy atom. The van der Waals surface area contributed by atoms with Gasteiger partial charge in [-0.3, -0.25) is 4.79 Å². The average Bonchev–Trinajstić information content (AvgIpc) is 2.33. The number of amides is 1. The first-order valence-corrected chi connectivity index (χ1v) is 8.34. The van der Waals surface area contributed by atoms with Crippen molar-refractivity contribution >= 4 is 17.7 Å². The Kier molecular flexibility index (Phi) is 9.56. The Labute approximate surface area is 117 Å². The van der Waals surface area contributed by atoms with Crippen molar-refractivity contribution in [3.05, 3.63) is 0 Å². The highest BCUT2D eigenvalue weighted by Gasteiger charge is 2.22. The molecule has 0 radical (unpaired) electrons. The summed E-state index contributed by atoms with van der Waals surface area (Å²) in [5.41, 5.74) is 5.73. The van der Waals surface area contributed by atoms with Gasteiger partial charge in [0, 0.05) is 30.8 Å². The molecule has 0 bridgehead atoms. The van der Waals surface area contributed by atoms with E-state index in [1.807, 2.05) is 25.8 Å². The molecule has 108 valence electrons. The van der Waals surface area contributed by atoms with E-state index in [2.05, 4.69) is 13.2 Å². The zero-order valence-corrected chi connectivity index (χ0v) is 13.4. The predicted octanol–water partition coefficient (Wildman–Crippen LogP) is 2.74. The molecular weight excluding hydrogens is 244 g/mol. The van der Waals surface area contributed by atoms with Crippen LogP contribution in [0.2, 0.25) is 0 Å². The van der Waals surface area contributed by atoms with Gasteiger partial charge in [0.15, 0.2) is 0 Å². The van der Waals surface area contributed by atoms with Crippen molar-refractivity contribution < 1.29 is 4.79 Å². The highest BCUT2D eigenvalue weighted by atomic mass is 32.2. The standard InChI is InChI=1S/C14H30N2OS/c1-6-13(10-18-5)16(4)14(17)11(2)8-7-9-12(3)15/h11-13H,6-10,15H2,1-5H3. The lowest BCUT2D eigenvalue weighted by molar-refractivity contribution is -0.135. The first kappa shape index (κ1) is 17.8. The molecule has 0 aromatic heterocycles. The van der Waals surface area contributed by atoms with Gasteiger partial charge in [0.25, 0.3) is 0 Å². The molecule has 0 aliphatic heterocycles. The lowest BCUT2D eigenvalue weighted by Crippen LogP contribution is -2.41. The fourth-order valence-electron chi connectivity index (χ4n) is 2.09. The van der Waals surface area contributed by atoms with Gasteiger partial charge in [0.1, 0.15) is 0 Å². The highest BCUT2D eigenvalue weighted by Crippen LogP contribution is 2.16. The molecule has 0 rings (SSSR count). The van der Waals surface area contributed by atoms with E-state index in [1.54, 1.807) is 11.8 Å². The molecule has 0 saturated carbocycles. The van der Waals surface area contributed by atoms with Gasteiger partial charge in [-0.15, -0.1) is 0 Å². The molecular formula is C14H30N2OS. The number of rotatable bonds is 9. The Hall–Kier alpha value is -0.220. The summed E-state index contributed by atoms with van der Waals surface area (Å²) in [5.74, 6) is 1.41. The number of carbonyl (C=O) groups excluding carboxylic acids is 1. The van der Waals surface area contributed by atoms with Gasteiger partial charge in [-0.2, -0.15) is 11.8 Å². The highest BCUT2D eigenvalue weighted by molar-refractivity contribution is 7.98. The van der Waals surface area contributed by atoms with Crippen LogP contribution in [0, 0.1) is 5.92 Å². The van der Waals surface area contributed by atoms with Gasteiger partial charge in [-0.25, -0.2) is 0 Å². The molecule has 0 aromatic rings. The summed E-state index contributed by atoms with van der Waals surface area (Å²) in [4.78, 5) is 14.2. The van der Waals surface area contributed by atoms with Gasteiger partial charge in [-0.05, 0) is 32.4 Å². The number of carbonyl (C=O) groups is 1. The van der Waals surface area contributed by atoms with Crippen molar-refractivity contribution in [3.8, 4) is 0 Å². The van der Waals surface area contributed by atoms with Crippen LogP contribution in [0.5, 0.6) is 0 Å². The molecule has 4 heteroatoms. The SMILES string of the molecule is CCC(CSC)N(C)C(=O)C(C)CCCC(C)N. The van der Waals surface area contributed by atoms with E-state index in [1.165, 1.54) is 0 Å². The number of hydrogen-bond donors (Lipinski definition) is 1. The third-order valence-electron chi connectivity index (χ3n) is 3.44. The summed E-state index contributed by atoms with van der Waals surface area (Å²) in [6.07, 6.45) is 6.10. The van der Waals surface area contributed by atoms with Crippen LogP contribution in [0.15, 0.2) is 0 Å². The molecule has 0 fully saturated rings. The largest absolute Gasteiger partial charge is 0.342 e. The van der Waals surface area contributed by atoms with Crippen molar-refractivity contribution in [1.29, 1.82) is 0 Å². The normalized spacial score (nSPS) is 16.1. The van der Waals surface area contributed by atoms with Gasteiger partial charge >= 0.3 is 0 Å². The van der Waals surface area contributed by atoms with Crippen LogP contribution in [-0.4, -0.2) is 41.9 Å². The minimum absolute atomic E-state index is 0.115. The van der Waals surface area contributed by atoms with Crippen molar-refractivity contribution in [2.75, 3.05) is 19.1 Å². The van der Waals surface area contributed by atoms with Crippen LogP contribution in [0.25, 0.3) is 0 Å². The Balaban J connectivity index is 4.17. The molecule has 0 aliphatic carbocycles.